The number of primary amides is 1. The molecule has 7 rings (SSSR count). The number of carbonyl (C=O) groups excluding carboxylic acids is 7. The zero-order chi connectivity index (χ0) is 47.7. The first kappa shape index (κ1) is 47.8. The second-order valence-corrected chi connectivity index (χ2v) is 17.8. The maximum absolute atomic E-state index is 14.8. The van der Waals surface area contributed by atoms with E-state index in [-0.39, 0.29) is 63.9 Å². The van der Waals surface area contributed by atoms with E-state index in [0.717, 1.165) is 38.1 Å². The highest BCUT2D eigenvalue weighted by molar-refractivity contribution is 6.09. The third kappa shape index (κ3) is 10.6. The molecule has 0 spiro atoms. The van der Waals surface area contributed by atoms with Crippen molar-refractivity contribution in [3.8, 4) is 0 Å². The summed E-state index contributed by atoms with van der Waals surface area (Å²) in [6, 6.07) is 18.0. The summed E-state index contributed by atoms with van der Waals surface area (Å²) in [6.45, 7) is 0.444. The minimum Gasteiger partial charge on any atom is -0.370 e. The number of rotatable bonds is 16. The number of likely N-dealkylation sites (N-methyl/N-ethyl adjacent to an activating group) is 1. The topological polar surface area (TPSA) is 299 Å². The number of guanidine groups is 1. The molecule has 354 valence electrons. The van der Waals surface area contributed by atoms with Crippen LogP contribution in [0.3, 0.4) is 0 Å². The van der Waals surface area contributed by atoms with E-state index in [1.165, 1.54) is 0 Å². The Balaban J connectivity index is 1.18. The molecular formula is C48H60N12O7. The molecule has 3 heterocycles. The smallest absolute Gasteiger partial charge is 0.325 e. The number of nitrogens with zero attached hydrogens (tertiary/aromatic N) is 1. The predicted molar refractivity (Wildman–Crippen MR) is 250 cm³/mol. The molecule has 3 aliphatic rings. The lowest BCUT2D eigenvalue weighted by molar-refractivity contribution is -0.142. The molecule has 2 fully saturated rings. The molecule has 19 heteroatoms. The van der Waals surface area contributed by atoms with Gasteiger partial charge in [-0.15, -0.1) is 0 Å². The highest BCUT2D eigenvalue weighted by Crippen LogP contribution is 2.38. The van der Waals surface area contributed by atoms with Crippen LogP contribution in [0.25, 0.3) is 10.9 Å². The van der Waals surface area contributed by atoms with Crippen molar-refractivity contribution in [2.45, 2.75) is 105 Å². The number of carbonyl (C=O) groups is 7. The van der Waals surface area contributed by atoms with Gasteiger partial charge in [-0.1, -0.05) is 72.8 Å². The molecule has 2 saturated heterocycles. The van der Waals surface area contributed by atoms with Crippen LogP contribution in [0, 0.1) is 5.41 Å². The average molecular weight is 917 g/mol. The Labute approximate surface area is 388 Å². The Morgan fingerprint density at radius 2 is 1.58 bits per heavy atom. The molecule has 1 unspecified atom stereocenters. The fraction of sp³-hybridized carbons (Fsp3) is 0.417. The van der Waals surface area contributed by atoms with Crippen LogP contribution in [0.15, 0.2) is 85.1 Å². The molecule has 1 aromatic heterocycles. The fourth-order valence-electron chi connectivity index (χ4n) is 9.98. The Hall–Kier alpha value is -7.12. The number of hydrogen-bond donors (Lipinski definition) is 11. The number of aldehydes is 1. The Bertz CT molecular complexity index is 2470. The molecule has 0 radical (unpaired) electrons. The zero-order valence-electron chi connectivity index (χ0n) is 37.5. The molecule has 0 bridgehead atoms. The van der Waals surface area contributed by atoms with E-state index >= 15 is 0 Å². The van der Waals surface area contributed by atoms with E-state index in [2.05, 4.69) is 42.2 Å². The number of H-pyrrole nitrogens is 1. The Kier molecular flexibility index (Phi) is 15.0. The summed E-state index contributed by atoms with van der Waals surface area (Å²) in [5, 5.41) is 29.7. The summed E-state index contributed by atoms with van der Waals surface area (Å²) in [5.41, 5.74) is 12.6. The average Bonchev–Trinajstić information content (AvgIpc) is 3.99. The maximum atomic E-state index is 14.8. The van der Waals surface area contributed by atoms with Crippen LogP contribution in [-0.2, 0) is 54.5 Å². The minimum absolute atomic E-state index is 0.00176. The lowest BCUT2D eigenvalue weighted by Gasteiger charge is -2.42. The van der Waals surface area contributed by atoms with Crippen molar-refractivity contribution < 1.29 is 33.6 Å². The SMILES string of the molecule is CN[C@@H]1C(=O)N[C@@H](Cc2c[nH]c3ccccc23)C(=O)N[C@H](C(N)=O)CCCCNC1(CCNC(=N)N)CC[C@@H]1NC(=O)N(C2(C(=O)N[C@@H](C=O)Cc3ccccc3)Cc3ccccc3C2)C1=O. The van der Waals surface area contributed by atoms with Crippen molar-refractivity contribution >= 4 is 58.7 Å². The Morgan fingerprint density at radius 1 is 0.881 bits per heavy atom. The second kappa shape index (κ2) is 21.0. The standard InChI is InChI=1S/C48H60N12O7/c1-52-39-42(64)58-38(24-32-27-54-35-16-8-7-15-34(32)35)41(63)57-36(40(49)62)17-9-10-21-55-47(39,20-22-53-45(50)51)19-18-37-43(65)60(46(67)59-37)48(25-30-13-5-6-14-31(30)26-48)44(66)56-33(28-61)23-29-11-3-2-4-12-29/h2-8,11-16,27-28,33,36-39,52,54-55H,9-10,17-26H2,1H3,(H2,49,62)(H,56,66)(H,57,63)(H,58,64)(H,59,67)(H4,50,51,53)/t33-,36+,37+,38+,39-,47?/m1/s1. The molecule has 67 heavy (non-hydrogen) atoms. The molecule has 3 aromatic carbocycles. The van der Waals surface area contributed by atoms with Crippen molar-refractivity contribution in [2.24, 2.45) is 11.5 Å². The van der Waals surface area contributed by atoms with Gasteiger partial charge >= 0.3 is 6.03 Å². The van der Waals surface area contributed by atoms with Crippen molar-refractivity contribution in [3.63, 3.8) is 0 Å². The van der Waals surface area contributed by atoms with Gasteiger partial charge in [0.1, 0.15) is 36.0 Å². The van der Waals surface area contributed by atoms with E-state index in [9.17, 15) is 33.6 Å². The van der Waals surface area contributed by atoms with Crippen molar-refractivity contribution in [1.82, 2.24) is 47.1 Å². The highest BCUT2D eigenvalue weighted by Gasteiger charge is 2.58. The number of fused-ring (bicyclic) bond motifs is 2. The van der Waals surface area contributed by atoms with E-state index < -0.39 is 76.9 Å². The van der Waals surface area contributed by atoms with E-state index in [1.54, 1.807) is 13.2 Å². The summed E-state index contributed by atoms with van der Waals surface area (Å²) in [4.78, 5) is 102. The van der Waals surface area contributed by atoms with Gasteiger partial charge in [0.15, 0.2) is 5.96 Å². The van der Waals surface area contributed by atoms with Crippen LogP contribution in [0.1, 0.15) is 60.8 Å². The van der Waals surface area contributed by atoms with Gasteiger partial charge in [0.05, 0.1) is 6.04 Å². The molecule has 7 amide bonds. The van der Waals surface area contributed by atoms with Gasteiger partial charge in [-0.3, -0.25) is 29.4 Å². The number of benzene rings is 3. The maximum Gasteiger partial charge on any atom is 0.325 e. The van der Waals surface area contributed by atoms with Crippen molar-refractivity contribution in [3.05, 3.63) is 107 Å². The lowest BCUT2D eigenvalue weighted by Crippen LogP contribution is -2.67. The first-order valence-corrected chi connectivity index (χ1v) is 22.7. The third-order valence-electron chi connectivity index (χ3n) is 13.4. The van der Waals surface area contributed by atoms with E-state index in [0.29, 0.717) is 25.7 Å². The first-order chi connectivity index (χ1) is 32.3. The van der Waals surface area contributed by atoms with Crippen LogP contribution in [-0.4, -0.2) is 119 Å². The lowest BCUT2D eigenvalue weighted by atomic mass is 9.79. The number of amides is 7. The van der Waals surface area contributed by atoms with Gasteiger partial charge in [0.2, 0.25) is 23.6 Å². The van der Waals surface area contributed by atoms with Gasteiger partial charge in [-0.25, -0.2) is 9.69 Å². The number of aromatic amines is 1. The summed E-state index contributed by atoms with van der Waals surface area (Å²) in [5.74, 6) is -3.45. The number of hydrogen-bond acceptors (Lipinski definition) is 10. The van der Waals surface area contributed by atoms with E-state index in [1.807, 2.05) is 78.9 Å². The molecule has 13 N–H and O–H groups in total. The minimum atomic E-state index is -1.69. The second-order valence-electron chi connectivity index (χ2n) is 17.8. The molecular weight excluding hydrogens is 857 g/mol. The summed E-state index contributed by atoms with van der Waals surface area (Å²) >= 11 is 0. The largest absolute Gasteiger partial charge is 0.370 e. The summed E-state index contributed by atoms with van der Waals surface area (Å²) in [6.07, 6.45) is 4.21. The number of imide groups is 1. The van der Waals surface area contributed by atoms with Gasteiger partial charge in [0.25, 0.3) is 5.91 Å². The van der Waals surface area contributed by atoms with Gasteiger partial charge in [0, 0.05) is 48.4 Å². The zero-order valence-corrected chi connectivity index (χ0v) is 37.5. The van der Waals surface area contributed by atoms with Crippen LogP contribution >= 0.6 is 0 Å². The number of nitrogens with two attached hydrogens (primary N) is 2. The molecule has 6 atom stereocenters. The summed E-state index contributed by atoms with van der Waals surface area (Å²) in [7, 11) is 1.60. The number of para-hydroxylation sites is 1. The van der Waals surface area contributed by atoms with Crippen LogP contribution in [0.4, 0.5) is 4.79 Å². The van der Waals surface area contributed by atoms with Gasteiger partial charge < -0.3 is 58.5 Å². The molecule has 0 saturated carbocycles. The van der Waals surface area contributed by atoms with E-state index in [4.69, 9.17) is 16.9 Å². The predicted octanol–water partition coefficient (Wildman–Crippen LogP) is 0.303. The normalized spacial score (nSPS) is 23.6. The molecule has 4 aromatic rings. The van der Waals surface area contributed by atoms with Gasteiger partial charge in [-0.2, -0.15) is 0 Å². The monoisotopic (exact) mass is 916 g/mol. The van der Waals surface area contributed by atoms with Crippen molar-refractivity contribution in [2.75, 3.05) is 20.1 Å². The Morgan fingerprint density at radius 3 is 2.27 bits per heavy atom. The van der Waals surface area contributed by atoms with Crippen LogP contribution < -0.4 is 48.7 Å². The number of urea groups is 1. The first-order valence-electron chi connectivity index (χ1n) is 22.7. The number of aromatic nitrogens is 1. The molecule has 2 aliphatic heterocycles. The quantitative estimate of drug-likeness (QED) is 0.0315. The summed E-state index contributed by atoms with van der Waals surface area (Å²) < 4.78 is 0. The van der Waals surface area contributed by atoms with Gasteiger partial charge in [-0.05, 0) is 86.9 Å². The number of nitrogens with one attached hydrogen (secondary N) is 9. The van der Waals surface area contributed by atoms with Crippen LogP contribution in [0.5, 0.6) is 0 Å². The third-order valence-corrected chi connectivity index (χ3v) is 13.4. The molecule has 19 nitrogen and oxygen atoms in total. The highest BCUT2D eigenvalue weighted by atomic mass is 16.2. The molecule has 1 aliphatic carbocycles. The van der Waals surface area contributed by atoms with Crippen molar-refractivity contribution in [1.29, 1.82) is 5.41 Å². The van der Waals surface area contributed by atoms with Crippen LogP contribution in [0.2, 0.25) is 0 Å². The fourth-order valence-corrected chi connectivity index (χ4v) is 9.98.